The molecule has 0 aliphatic carbocycles. The first-order chi connectivity index (χ1) is 6.98. The fourth-order valence-corrected chi connectivity index (χ4v) is 1.74. The molecule has 0 radical (unpaired) electrons. The maximum Gasteiger partial charge on any atom is 0.0249 e. The number of rotatable bonds is 9. The van der Waals surface area contributed by atoms with Gasteiger partial charge in [-0.2, -0.15) is 0 Å². The molecular weight excluding hydrogens is 184 g/mol. The summed E-state index contributed by atoms with van der Waals surface area (Å²) in [5.41, 5.74) is 0.229. The van der Waals surface area contributed by atoms with Gasteiger partial charge in [-0.05, 0) is 39.3 Å². The topological polar surface area (TPSA) is 24.1 Å². The summed E-state index contributed by atoms with van der Waals surface area (Å²) in [6, 6.07) is 0. The Hall–Kier alpha value is -0.0800. The molecule has 0 aliphatic heterocycles. The fraction of sp³-hybridized carbons (Fsp3) is 1.00. The second kappa shape index (κ2) is 8.12. The van der Waals surface area contributed by atoms with Gasteiger partial charge in [0.25, 0.3) is 0 Å². The van der Waals surface area contributed by atoms with Crippen molar-refractivity contribution in [3.05, 3.63) is 0 Å². The van der Waals surface area contributed by atoms with Crippen LogP contribution in [0.5, 0.6) is 0 Å². The highest BCUT2D eigenvalue weighted by molar-refractivity contribution is 4.79. The molecule has 2 heteroatoms. The van der Waals surface area contributed by atoms with Crippen molar-refractivity contribution < 1.29 is 0 Å². The maximum atomic E-state index is 3.52. The molecule has 0 unspecified atom stereocenters. The monoisotopic (exact) mass is 214 g/mol. The largest absolute Gasteiger partial charge is 0.315 e. The van der Waals surface area contributed by atoms with Crippen LogP contribution in [-0.2, 0) is 0 Å². The lowest BCUT2D eigenvalue weighted by atomic mass is 10.0. The van der Waals surface area contributed by atoms with Crippen LogP contribution in [0.25, 0.3) is 0 Å². The predicted molar refractivity (Wildman–Crippen MR) is 69.3 cm³/mol. The summed E-state index contributed by atoms with van der Waals surface area (Å²) in [4.78, 5) is 0. The van der Waals surface area contributed by atoms with Crippen molar-refractivity contribution in [1.29, 1.82) is 0 Å². The molecule has 0 bridgehead atoms. The fourth-order valence-electron chi connectivity index (χ4n) is 1.74. The maximum absolute atomic E-state index is 3.52. The molecule has 0 rings (SSSR count). The first-order valence-electron chi connectivity index (χ1n) is 6.43. The van der Waals surface area contributed by atoms with E-state index >= 15 is 0 Å². The van der Waals surface area contributed by atoms with Gasteiger partial charge < -0.3 is 10.6 Å². The quantitative estimate of drug-likeness (QED) is 0.577. The minimum absolute atomic E-state index is 0.229. The van der Waals surface area contributed by atoms with Crippen LogP contribution in [0, 0.1) is 5.92 Å². The van der Waals surface area contributed by atoms with E-state index in [4.69, 9.17) is 0 Å². The molecule has 0 amide bonds. The normalized spacial score (nSPS) is 12.4. The summed E-state index contributed by atoms with van der Waals surface area (Å²) < 4.78 is 0. The molecular formula is C13H30N2. The minimum atomic E-state index is 0.229. The van der Waals surface area contributed by atoms with E-state index in [1.165, 1.54) is 19.3 Å². The van der Waals surface area contributed by atoms with E-state index in [2.05, 4.69) is 45.3 Å². The Morgan fingerprint density at radius 2 is 1.80 bits per heavy atom. The van der Waals surface area contributed by atoms with Gasteiger partial charge in [-0.1, -0.05) is 33.6 Å². The molecule has 0 aromatic heterocycles. The van der Waals surface area contributed by atoms with Crippen molar-refractivity contribution in [2.45, 2.75) is 59.4 Å². The number of likely N-dealkylation sites (N-methyl/N-ethyl adjacent to an activating group) is 1. The molecule has 0 aromatic carbocycles. The molecule has 0 spiro atoms. The second-order valence-corrected chi connectivity index (χ2v) is 5.48. The van der Waals surface area contributed by atoms with Crippen LogP contribution in [0.4, 0.5) is 0 Å². The summed E-state index contributed by atoms with van der Waals surface area (Å²) in [5.74, 6) is 0.850. The predicted octanol–water partition coefficient (Wildman–Crippen LogP) is 2.79. The van der Waals surface area contributed by atoms with E-state index in [1.54, 1.807) is 0 Å². The Bertz CT molecular complexity index is 141. The Morgan fingerprint density at radius 1 is 1.13 bits per heavy atom. The Kier molecular flexibility index (Phi) is 8.07. The van der Waals surface area contributed by atoms with Crippen molar-refractivity contribution in [2.24, 2.45) is 5.92 Å². The number of hydrogen-bond donors (Lipinski definition) is 2. The molecule has 0 saturated heterocycles. The highest BCUT2D eigenvalue weighted by Gasteiger charge is 2.14. The minimum Gasteiger partial charge on any atom is -0.315 e. The molecule has 0 heterocycles. The molecule has 0 fully saturated rings. The van der Waals surface area contributed by atoms with Gasteiger partial charge in [0.05, 0.1) is 0 Å². The standard InChI is InChI=1S/C13H30N2/c1-6-15-13(4,5)11-14-10-8-7-9-12(2)3/h12,14-15H,6-11H2,1-5H3. The summed E-state index contributed by atoms with van der Waals surface area (Å²) in [6.07, 6.45) is 4.02. The summed E-state index contributed by atoms with van der Waals surface area (Å²) in [6.45, 7) is 14.5. The lowest BCUT2D eigenvalue weighted by Gasteiger charge is -2.26. The third-order valence-corrected chi connectivity index (χ3v) is 2.61. The Morgan fingerprint density at radius 3 is 2.33 bits per heavy atom. The zero-order valence-electron chi connectivity index (χ0n) is 11.3. The van der Waals surface area contributed by atoms with Crippen LogP contribution in [0.2, 0.25) is 0 Å². The van der Waals surface area contributed by atoms with E-state index in [9.17, 15) is 0 Å². The van der Waals surface area contributed by atoms with Crippen LogP contribution in [-0.4, -0.2) is 25.2 Å². The van der Waals surface area contributed by atoms with Crippen LogP contribution in [0.1, 0.15) is 53.9 Å². The molecule has 0 atom stereocenters. The van der Waals surface area contributed by atoms with E-state index in [1.807, 2.05) is 0 Å². The summed E-state index contributed by atoms with van der Waals surface area (Å²) in [5, 5.41) is 6.99. The molecule has 15 heavy (non-hydrogen) atoms. The van der Waals surface area contributed by atoms with Gasteiger partial charge in [0.2, 0.25) is 0 Å². The van der Waals surface area contributed by atoms with Crippen LogP contribution in [0.3, 0.4) is 0 Å². The average Bonchev–Trinajstić information content (AvgIpc) is 2.10. The number of hydrogen-bond acceptors (Lipinski definition) is 2. The van der Waals surface area contributed by atoms with E-state index < -0.39 is 0 Å². The van der Waals surface area contributed by atoms with Gasteiger partial charge in [0.15, 0.2) is 0 Å². The zero-order valence-corrected chi connectivity index (χ0v) is 11.3. The third kappa shape index (κ3) is 10.2. The van der Waals surface area contributed by atoms with Crippen molar-refractivity contribution in [1.82, 2.24) is 10.6 Å². The van der Waals surface area contributed by atoms with Crippen LogP contribution in [0.15, 0.2) is 0 Å². The highest BCUT2D eigenvalue weighted by Crippen LogP contribution is 2.05. The second-order valence-electron chi connectivity index (χ2n) is 5.48. The molecule has 0 saturated carbocycles. The smallest absolute Gasteiger partial charge is 0.0249 e. The van der Waals surface area contributed by atoms with Gasteiger partial charge >= 0.3 is 0 Å². The zero-order chi connectivity index (χ0) is 11.7. The lowest BCUT2D eigenvalue weighted by Crippen LogP contribution is -2.47. The highest BCUT2D eigenvalue weighted by atomic mass is 15.0. The SMILES string of the molecule is CCNC(C)(C)CNCCCCC(C)C. The Balaban J connectivity index is 3.30. The van der Waals surface area contributed by atoms with E-state index in [-0.39, 0.29) is 5.54 Å². The molecule has 2 N–H and O–H groups in total. The van der Waals surface area contributed by atoms with E-state index in [0.29, 0.717) is 0 Å². The number of nitrogens with one attached hydrogen (secondary N) is 2. The van der Waals surface area contributed by atoms with Gasteiger partial charge in [-0.3, -0.25) is 0 Å². The van der Waals surface area contributed by atoms with Crippen LogP contribution < -0.4 is 10.6 Å². The number of unbranched alkanes of at least 4 members (excludes halogenated alkanes) is 1. The van der Waals surface area contributed by atoms with Gasteiger partial charge in [-0.25, -0.2) is 0 Å². The van der Waals surface area contributed by atoms with Crippen LogP contribution >= 0.6 is 0 Å². The molecule has 2 nitrogen and oxygen atoms in total. The summed E-state index contributed by atoms with van der Waals surface area (Å²) in [7, 11) is 0. The summed E-state index contributed by atoms with van der Waals surface area (Å²) >= 11 is 0. The lowest BCUT2D eigenvalue weighted by molar-refractivity contribution is 0.370. The van der Waals surface area contributed by atoms with Gasteiger partial charge in [-0.15, -0.1) is 0 Å². The first-order valence-corrected chi connectivity index (χ1v) is 6.43. The average molecular weight is 214 g/mol. The van der Waals surface area contributed by atoms with Gasteiger partial charge in [0, 0.05) is 12.1 Å². The molecule has 92 valence electrons. The molecule has 0 aliphatic rings. The first kappa shape index (κ1) is 14.9. The van der Waals surface area contributed by atoms with E-state index in [0.717, 1.165) is 25.6 Å². The van der Waals surface area contributed by atoms with Crippen molar-refractivity contribution in [3.8, 4) is 0 Å². The van der Waals surface area contributed by atoms with Crippen molar-refractivity contribution >= 4 is 0 Å². The third-order valence-electron chi connectivity index (χ3n) is 2.61. The van der Waals surface area contributed by atoms with Crippen molar-refractivity contribution in [3.63, 3.8) is 0 Å². The molecule has 0 aromatic rings. The van der Waals surface area contributed by atoms with Crippen molar-refractivity contribution in [2.75, 3.05) is 19.6 Å². The Labute approximate surface area is 96.2 Å². The van der Waals surface area contributed by atoms with Gasteiger partial charge in [0.1, 0.15) is 0 Å².